The summed E-state index contributed by atoms with van der Waals surface area (Å²) < 4.78 is 5.55. The summed E-state index contributed by atoms with van der Waals surface area (Å²) in [4.78, 5) is 19.3. The predicted molar refractivity (Wildman–Crippen MR) is 93.1 cm³/mol. The van der Waals surface area contributed by atoms with E-state index in [2.05, 4.69) is 11.0 Å². The molecule has 0 N–H and O–H groups in total. The van der Waals surface area contributed by atoms with E-state index in [1.807, 2.05) is 49.4 Å². The lowest BCUT2D eigenvalue weighted by molar-refractivity contribution is -0.149. The number of para-hydroxylation sites is 1. The minimum absolute atomic E-state index is 0.153. The Morgan fingerprint density at radius 1 is 1.21 bits per heavy atom. The number of amidine groups is 1. The number of nitrogens with zero attached hydrogens (tertiary/aromatic N) is 2. The van der Waals surface area contributed by atoms with E-state index in [0.717, 1.165) is 36.5 Å². The molecule has 0 aromatic heterocycles. The van der Waals surface area contributed by atoms with E-state index >= 15 is 0 Å². The fourth-order valence-electron chi connectivity index (χ4n) is 3.32. The van der Waals surface area contributed by atoms with Crippen molar-refractivity contribution in [1.82, 2.24) is 4.90 Å². The summed E-state index contributed by atoms with van der Waals surface area (Å²) in [5.41, 5.74) is 4.41. The SMILES string of the molecule is Cc1ccc(COC(=O)[C@H]2CCC3=Nc4ccccc4CN32)cc1. The maximum Gasteiger partial charge on any atom is 0.329 e. The number of rotatable bonds is 3. The van der Waals surface area contributed by atoms with E-state index in [1.54, 1.807) is 0 Å². The molecule has 0 unspecified atom stereocenters. The van der Waals surface area contributed by atoms with Gasteiger partial charge in [-0.15, -0.1) is 0 Å². The molecule has 0 aliphatic carbocycles. The molecule has 1 atom stereocenters. The van der Waals surface area contributed by atoms with Gasteiger partial charge in [0.25, 0.3) is 0 Å². The molecule has 122 valence electrons. The van der Waals surface area contributed by atoms with E-state index in [-0.39, 0.29) is 12.0 Å². The molecule has 0 spiro atoms. The first-order chi connectivity index (χ1) is 11.7. The van der Waals surface area contributed by atoms with Crippen LogP contribution in [0.1, 0.15) is 29.5 Å². The third-order valence-corrected chi connectivity index (χ3v) is 4.70. The minimum atomic E-state index is -0.220. The van der Waals surface area contributed by atoms with Crippen molar-refractivity contribution < 1.29 is 9.53 Å². The van der Waals surface area contributed by atoms with Gasteiger partial charge < -0.3 is 9.64 Å². The monoisotopic (exact) mass is 320 g/mol. The summed E-state index contributed by atoms with van der Waals surface area (Å²) in [5, 5.41) is 0. The van der Waals surface area contributed by atoms with Crippen LogP contribution in [0.2, 0.25) is 0 Å². The number of benzene rings is 2. The summed E-state index contributed by atoms with van der Waals surface area (Å²) in [6, 6.07) is 16.0. The maximum absolute atomic E-state index is 12.5. The van der Waals surface area contributed by atoms with E-state index in [1.165, 1.54) is 11.1 Å². The van der Waals surface area contributed by atoms with Crippen LogP contribution in [0, 0.1) is 6.92 Å². The maximum atomic E-state index is 12.5. The molecule has 2 heterocycles. The highest BCUT2D eigenvalue weighted by molar-refractivity contribution is 5.94. The van der Waals surface area contributed by atoms with Gasteiger partial charge in [-0.25, -0.2) is 9.79 Å². The Hall–Kier alpha value is -2.62. The lowest BCUT2D eigenvalue weighted by Gasteiger charge is -2.29. The molecule has 0 saturated carbocycles. The number of carbonyl (C=O) groups excluding carboxylic acids is 1. The van der Waals surface area contributed by atoms with Crippen LogP contribution in [-0.4, -0.2) is 22.7 Å². The number of hydrogen-bond acceptors (Lipinski definition) is 4. The van der Waals surface area contributed by atoms with Crippen molar-refractivity contribution in [3.8, 4) is 0 Å². The molecular weight excluding hydrogens is 300 g/mol. The van der Waals surface area contributed by atoms with E-state index in [4.69, 9.17) is 9.73 Å². The molecule has 24 heavy (non-hydrogen) atoms. The molecule has 0 amide bonds. The predicted octanol–water partition coefficient (Wildman–Crippen LogP) is 3.75. The number of aliphatic imine (C=N–C) groups is 1. The largest absolute Gasteiger partial charge is 0.459 e. The Labute approximate surface area is 141 Å². The summed E-state index contributed by atoms with van der Waals surface area (Å²) in [6.07, 6.45) is 1.61. The first-order valence-corrected chi connectivity index (χ1v) is 8.35. The minimum Gasteiger partial charge on any atom is -0.459 e. The zero-order chi connectivity index (χ0) is 16.5. The smallest absolute Gasteiger partial charge is 0.329 e. The first kappa shape index (κ1) is 14.9. The molecule has 4 nitrogen and oxygen atoms in total. The highest BCUT2D eigenvalue weighted by Crippen LogP contribution is 2.33. The van der Waals surface area contributed by atoms with Gasteiger partial charge in [0.15, 0.2) is 0 Å². The van der Waals surface area contributed by atoms with Crippen molar-refractivity contribution in [2.45, 2.75) is 39.0 Å². The molecule has 2 aliphatic heterocycles. The molecule has 2 aromatic rings. The summed E-state index contributed by atoms with van der Waals surface area (Å²) in [5.74, 6) is 0.853. The number of carbonyl (C=O) groups is 1. The number of ether oxygens (including phenoxy) is 1. The Morgan fingerprint density at radius 2 is 2.00 bits per heavy atom. The van der Waals surface area contributed by atoms with Crippen LogP contribution in [0.5, 0.6) is 0 Å². The Balaban J connectivity index is 1.44. The van der Waals surface area contributed by atoms with Crippen molar-refractivity contribution in [2.24, 2.45) is 4.99 Å². The third-order valence-electron chi connectivity index (χ3n) is 4.70. The molecule has 1 fully saturated rings. The van der Waals surface area contributed by atoms with E-state index in [0.29, 0.717) is 6.61 Å². The van der Waals surface area contributed by atoms with Gasteiger partial charge in [-0.05, 0) is 30.5 Å². The van der Waals surface area contributed by atoms with Crippen molar-refractivity contribution in [3.05, 3.63) is 65.2 Å². The zero-order valence-electron chi connectivity index (χ0n) is 13.7. The molecule has 2 aromatic carbocycles. The van der Waals surface area contributed by atoms with Crippen LogP contribution in [0.15, 0.2) is 53.5 Å². The van der Waals surface area contributed by atoms with Crippen molar-refractivity contribution in [1.29, 1.82) is 0 Å². The van der Waals surface area contributed by atoms with Crippen molar-refractivity contribution >= 4 is 17.5 Å². The van der Waals surface area contributed by atoms with Gasteiger partial charge in [-0.2, -0.15) is 0 Å². The van der Waals surface area contributed by atoms with Gasteiger partial charge in [0.1, 0.15) is 18.5 Å². The van der Waals surface area contributed by atoms with Crippen LogP contribution in [0.4, 0.5) is 5.69 Å². The second-order valence-electron chi connectivity index (χ2n) is 6.43. The third kappa shape index (κ3) is 2.80. The molecule has 0 bridgehead atoms. The highest BCUT2D eigenvalue weighted by atomic mass is 16.5. The zero-order valence-corrected chi connectivity index (χ0v) is 13.7. The molecule has 4 rings (SSSR count). The standard InChI is InChI=1S/C20H20N2O2/c1-14-6-8-15(9-7-14)13-24-20(23)18-10-11-19-21-17-5-3-2-4-16(17)12-22(18)19/h2-9,18H,10-13H2,1H3/t18-/m1/s1. The molecule has 2 aliphatic rings. The Bertz CT molecular complexity index is 796. The number of esters is 1. The molecule has 1 saturated heterocycles. The number of fused-ring (bicyclic) bond motifs is 2. The fraction of sp³-hybridized carbons (Fsp3) is 0.300. The summed E-state index contributed by atoms with van der Waals surface area (Å²) in [7, 11) is 0. The van der Waals surface area contributed by atoms with Crippen molar-refractivity contribution in [2.75, 3.05) is 0 Å². The quantitative estimate of drug-likeness (QED) is 0.809. The molecule has 0 radical (unpaired) electrons. The van der Waals surface area contributed by atoms with Gasteiger partial charge in [-0.3, -0.25) is 0 Å². The molecular formula is C20H20N2O2. The second kappa shape index (κ2) is 6.11. The average molecular weight is 320 g/mol. The van der Waals surface area contributed by atoms with Crippen LogP contribution in [0.3, 0.4) is 0 Å². The second-order valence-corrected chi connectivity index (χ2v) is 6.43. The van der Waals surface area contributed by atoms with Gasteiger partial charge in [0.2, 0.25) is 0 Å². The van der Waals surface area contributed by atoms with Crippen LogP contribution in [0.25, 0.3) is 0 Å². The van der Waals surface area contributed by atoms with Crippen molar-refractivity contribution in [3.63, 3.8) is 0 Å². The molecule has 4 heteroatoms. The number of hydrogen-bond donors (Lipinski definition) is 0. The number of aryl methyl sites for hydroxylation is 1. The van der Waals surface area contributed by atoms with Gasteiger partial charge in [-0.1, -0.05) is 48.0 Å². The summed E-state index contributed by atoms with van der Waals surface area (Å²) >= 11 is 0. The van der Waals surface area contributed by atoms with Gasteiger partial charge >= 0.3 is 5.97 Å². The van der Waals surface area contributed by atoms with Crippen LogP contribution >= 0.6 is 0 Å². The Morgan fingerprint density at radius 3 is 2.83 bits per heavy atom. The Kier molecular flexibility index (Phi) is 3.81. The van der Waals surface area contributed by atoms with Gasteiger partial charge in [0, 0.05) is 13.0 Å². The van der Waals surface area contributed by atoms with E-state index in [9.17, 15) is 4.79 Å². The average Bonchev–Trinajstić information content (AvgIpc) is 3.02. The normalized spacial score (nSPS) is 18.6. The fourth-order valence-corrected chi connectivity index (χ4v) is 3.32. The highest BCUT2D eigenvalue weighted by Gasteiger charge is 2.37. The van der Waals surface area contributed by atoms with Gasteiger partial charge in [0.05, 0.1) is 5.69 Å². The van der Waals surface area contributed by atoms with Crippen LogP contribution in [-0.2, 0) is 22.7 Å². The van der Waals surface area contributed by atoms with Crippen LogP contribution < -0.4 is 0 Å². The first-order valence-electron chi connectivity index (χ1n) is 8.35. The summed E-state index contributed by atoms with van der Waals surface area (Å²) in [6.45, 7) is 3.11. The lowest BCUT2D eigenvalue weighted by Crippen LogP contribution is -2.40. The topological polar surface area (TPSA) is 41.9 Å². The van der Waals surface area contributed by atoms with E-state index < -0.39 is 0 Å². The lowest BCUT2D eigenvalue weighted by atomic mass is 10.1.